The first-order valence-corrected chi connectivity index (χ1v) is 8.42. The molecule has 1 heterocycles. The Morgan fingerprint density at radius 1 is 0.826 bits per heavy atom. The molecule has 3 heteroatoms. The van der Waals surface area contributed by atoms with E-state index in [1.54, 1.807) is 11.9 Å². The summed E-state index contributed by atoms with van der Waals surface area (Å²) in [5.41, 5.74) is 3.98. The van der Waals surface area contributed by atoms with Crippen molar-refractivity contribution in [3.05, 3.63) is 83.9 Å². The van der Waals surface area contributed by atoms with Crippen LogP contribution in [-0.4, -0.2) is 7.05 Å². The highest BCUT2D eigenvalue weighted by atomic mass is 32.2. The molecule has 23 heavy (non-hydrogen) atoms. The van der Waals surface area contributed by atoms with E-state index >= 15 is 0 Å². The molecular weight excluding hydrogens is 302 g/mol. The van der Waals surface area contributed by atoms with Gasteiger partial charge in [0.25, 0.3) is 0 Å². The zero-order chi connectivity index (χ0) is 15.6. The summed E-state index contributed by atoms with van der Waals surface area (Å²) >= 11 is 1.75. The smallest absolute Gasteiger partial charge is 0.128 e. The molecule has 0 aromatic heterocycles. The van der Waals surface area contributed by atoms with Gasteiger partial charge in [-0.2, -0.15) is 0 Å². The fourth-order valence-corrected chi connectivity index (χ4v) is 3.82. The van der Waals surface area contributed by atoms with E-state index in [1.807, 2.05) is 30.3 Å². The van der Waals surface area contributed by atoms with E-state index in [-0.39, 0.29) is 0 Å². The Morgan fingerprint density at radius 3 is 2.48 bits per heavy atom. The number of benzene rings is 3. The Balaban J connectivity index is 1.67. The summed E-state index contributed by atoms with van der Waals surface area (Å²) in [4.78, 5) is 1.25. The molecule has 3 aromatic rings. The summed E-state index contributed by atoms with van der Waals surface area (Å²) < 4.78 is 8.20. The SMILES string of the molecule is CN1Sc2cc(Oc3ccccc3)ccc2Cc2ccccc21. The molecule has 0 radical (unpaired) electrons. The van der Waals surface area contributed by atoms with Gasteiger partial charge in [0.15, 0.2) is 0 Å². The lowest BCUT2D eigenvalue weighted by atomic mass is 10.0. The quantitative estimate of drug-likeness (QED) is 0.577. The zero-order valence-electron chi connectivity index (χ0n) is 12.9. The average Bonchev–Trinajstić information content (AvgIpc) is 2.72. The van der Waals surface area contributed by atoms with Crippen LogP contribution in [0.2, 0.25) is 0 Å². The number of fused-ring (bicyclic) bond motifs is 2. The van der Waals surface area contributed by atoms with Crippen molar-refractivity contribution >= 4 is 17.6 Å². The second kappa shape index (κ2) is 6.01. The molecule has 0 amide bonds. The molecule has 114 valence electrons. The molecule has 0 saturated heterocycles. The Morgan fingerprint density at radius 2 is 1.61 bits per heavy atom. The lowest BCUT2D eigenvalue weighted by Gasteiger charge is -2.18. The van der Waals surface area contributed by atoms with Crippen LogP contribution < -0.4 is 9.04 Å². The molecule has 1 aliphatic rings. The van der Waals surface area contributed by atoms with Crippen molar-refractivity contribution in [2.75, 3.05) is 11.4 Å². The molecule has 0 fully saturated rings. The van der Waals surface area contributed by atoms with E-state index in [0.717, 1.165) is 17.9 Å². The summed E-state index contributed by atoms with van der Waals surface area (Å²) in [6.45, 7) is 0. The molecule has 0 unspecified atom stereocenters. The number of para-hydroxylation sites is 2. The highest BCUT2D eigenvalue weighted by molar-refractivity contribution is 8.00. The zero-order valence-corrected chi connectivity index (χ0v) is 13.7. The van der Waals surface area contributed by atoms with Crippen LogP contribution in [-0.2, 0) is 6.42 Å². The predicted molar refractivity (Wildman–Crippen MR) is 96.5 cm³/mol. The minimum Gasteiger partial charge on any atom is -0.457 e. The molecule has 0 bridgehead atoms. The third kappa shape index (κ3) is 2.92. The Hall–Kier alpha value is -2.39. The van der Waals surface area contributed by atoms with Gasteiger partial charge in [-0.1, -0.05) is 42.5 Å². The first-order valence-electron chi connectivity index (χ1n) is 7.65. The van der Waals surface area contributed by atoms with Gasteiger partial charge < -0.3 is 9.04 Å². The first-order chi connectivity index (χ1) is 11.3. The van der Waals surface area contributed by atoms with Gasteiger partial charge in [0.05, 0.1) is 5.69 Å². The van der Waals surface area contributed by atoms with Gasteiger partial charge in [-0.15, -0.1) is 0 Å². The number of nitrogens with zero attached hydrogens (tertiary/aromatic N) is 1. The third-order valence-electron chi connectivity index (χ3n) is 3.96. The monoisotopic (exact) mass is 319 g/mol. The number of rotatable bonds is 2. The van der Waals surface area contributed by atoms with Gasteiger partial charge in [0, 0.05) is 18.4 Å². The molecule has 0 aliphatic carbocycles. The van der Waals surface area contributed by atoms with Gasteiger partial charge in [-0.05, 0) is 53.4 Å². The fourth-order valence-electron chi connectivity index (χ4n) is 2.82. The molecule has 4 rings (SSSR count). The van der Waals surface area contributed by atoms with Crippen molar-refractivity contribution in [3.63, 3.8) is 0 Å². The maximum atomic E-state index is 5.97. The highest BCUT2D eigenvalue weighted by Gasteiger charge is 2.18. The summed E-state index contributed by atoms with van der Waals surface area (Å²) in [6.07, 6.45) is 0.953. The van der Waals surface area contributed by atoms with Crippen molar-refractivity contribution < 1.29 is 4.74 Å². The van der Waals surface area contributed by atoms with E-state index in [1.165, 1.54) is 21.7 Å². The van der Waals surface area contributed by atoms with E-state index < -0.39 is 0 Å². The van der Waals surface area contributed by atoms with Crippen molar-refractivity contribution in [3.8, 4) is 11.5 Å². The molecule has 3 aromatic carbocycles. The van der Waals surface area contributed by atoms with Crippen LogP contribution >= 0.6 is 11.9 Å². The van der Waals surface area contributed by atoms with Crippen LogP contribution in [0.1, 0.15) is 11.1 Å². The highest BCUT2D eigenvalue weighted by Crippen LogP contribution is 2.39. The van der Waals surface area contributed by atoms with E-state index in [0.29, 0.717) is 0 Å². The van der Waals surface area contributed by atoms with Crippen LogP contribution in [0, 0.1) is 0 Å². The lowest BCUT2D eigenvalue weighted by molar-refractivity contribution is 0.481. The lowest BCUT2D eigenvalue weighted by Crippen LogP contribution is -2.06. The van der Waals surface area contributed by atoms with Crippen molar-refractivity contribution in [1.29, 1.82) is 0 Å². The first kappa shape index (κ1) is 14.2. The topological polar surface area (TPSA) is 12.5 Å². The number of hydrogen-bond donors (Lipinski definition) is 0. The maximum absolute atomic E-state index is 5.97. The van der Waals surface area contributed by atoms with Crippen LogP contribution in [0.25, 0.3) is 0 Å². The van der Waals surface area contributed by atoms with Crippen LogP contribution in [0.5, 0.6) is 11.5 Å². The fraction of sp³-hybridized carbons (Fsp3) is 0.100. The Bertz CT molecular complexity index is 832. The van der Waals surface area contributed by atoms with Crippen molar-refractivity contribution in [2.45, 2.75) is 11.3 Å². The minimum atomic E-state index is 0.864. The Labute approximate surface area is 140 Å². The van der Waals surface area contributed by atoms with Crippen LogP contribution in [0.4, 0.5) is 5.69 Å². The van der Waals surface area contributed by atoms with Crippen LogP contribution in [0.15, 0.2) is 77.7 Å². The van der Waals surface area contributed by atoms with Gasteiger partial charge in [-0.3, -0.25) is 0 Å². The molecular formula is C20H17NOS. The maximum Gasteiger partial charge on any atom is 0.128 e. The van der Waals surface area contributed by atoms with Crippen molar-refractivity contribution in [1.82, 2.24) is 0 Å². The standard InChI is InChI=1S/C20H17NOS/c1-21-19-10-6-5-7-15(19)13-16-11-12-18(14-20(16)23-21)22-17-8-3-2-4-9-17/h2-12,14H,13H2,1H3. The van der Waals surface area contributed by atoms with Gasteiger partial charge >= 0.3 is 0 Å². The molecule has 0 atom stereocenters. The average molecular weight is 319 g/mol. The predicted octanol–water partition coefficient (Wildman–Crippen LogP) is 5.53. The molecule has 0 spiro atoms. The summed E-state index contributed by atoms with van der Waals surface area (Å²) in [5.74, 6) is 1.74. The summed E-state index contributed by atoms with van der Waals surface area (Å²) in [7, 11) is 2.11. The van der Waals surface area contributed by atoms with Gasteiger partial charge in [0.1, 0.15) is 11.5 Å². The molecule has 1 aliphatic heterocycles. The van der Waals surface area contributed by atoms with Gasteiger partial charge in [-0.25, -0.2) is 0 Å². The second-order valence-electron chi connectivity index (χ2n) is 5.58. The van der Waals surface area contributed by atoms with E-state index in [2.05, 4.69) is 53.8 Å². The van der Waals surface area contributed by atoms with Crippen LogP contribution in [0.3, 0.4) is 0 Å². The normalized spacial score (nSPS) is 13.0. The van der Waals surface area contributed by atoms with Gasteiger partial charge in [0.2, 0.25) is 0 Å². The Kier molecular flexibility index (Phi) is 3.72. The largest absolute Gasteiger partial charge is 0.457 e. The van der Waals surface area contributed by atoms with Crippen molar-refractivity contribution in [2.24, 2.45) is 0 Å². The molecule has 2 nitrogen and oxygen atoms in total. The van der Waals surface area contributed by atoms with E-state index in [4.69, 9.17) is 4.74 Å². The number of anilines is 1. The molecule has 0 saturated carbocycles. The minimum absolute atomic E-state index is 0.864. The number of ether oxygens (including phenoxy) is 1. The summed E-state index contributed by atoms with van der Waals surface area (Å²) in [6, 6.07) is 24.9. The second-order valence-corrected chi connectivity index (χ2v) is 6.75. The van der Waals surface area contributed by atoms with E-state index in [9.17, 15) is 0 Å². The number of hydrogen-bond acceptors (Lipinski definition) is 3. The summed E-state index contributed by atoms with van der Waals surface area (Å²) in [5, 5.41) is 0. The third-order valence-corrected chi connectivity index (χ3v) is 5.01. The molecule has 0 N–H and O–H groups in total.